The topological polar surface area (TPSA) is 49.5 Å². The van der Waals surface area contributed by atoms with E-state index in [4.69, 9.17) is 5.73 Å². The van der Waals surface area contributed by atoms with E-state index in [0.29, 0.717) is 12.0 Å². The first kappa shape index (κ1) is 14.9. The van der Waals surface area contributed by atoms with Crippen LogP contribution in [0.25, 0.3) is 0 Å². The Balaban J connectivity index is 2.79. The van der Waals surface area contributed by atoms with Crippen molar-refractivity contribution in [1.82, 2.24) is 4.90 Å². The van der Waals surface area contributed by atoms with E-state index in [1.807, 2.05) is 0 Å². The third-order valence-corrected chi connectivity index (χ3v) is 4.45. The molecule has 1 aliphatic rings. The molecule has 1 heterocycles. The molecule has 0 aromatic rings. The number of likely N-dealkylation sites (tertiary alicyclic amines) is 1. The van der Waals surface area contributed by atoms with Crippen molar-refractivity contribution >= 4 is 0 Å². The first-order chi connectivity index (χ1) is 7.79. The number of hydrogen-bond acceptors (Lipinski definition) is 3. The van der Waals surface area contributed by atoms with Gasteiger partial charge in [0.25, 0.3) is 0 Å². The molecular formula is C14H30N2O. The van der Waals surface area contributed by atoms with Crippen LogP contribution in [0.5, 0.6) is 0 Å². The quantitative estimate of drug-likeness (QED) is 0.794. The summed E-state index contributed by atoms with van der Waals surface area (Å²) in [4.78, 5) is 2.42. The molecule has 0 aromatic heterocycles. The lowest BCUT2D eigenvalue weighted by Crippen LogP contribution is -2.60. The molecule has 0 aromatic carbocycles. The monoisotopic (exact) mass is 242 g/mol. The second-order valence-corrected chi connectivity index (χ2v) is 6.74. The lowest BCUT2D eigenvalue weighted by atomic mass is 9.80. The minimum Gasteiger partial charge on any atom is -0.395 e. The first-order valence-electron chi connectivity index (χ1n) is 6.91. The van der Waals surface area contributed by atoms with Crippen molar-refractivity contribution in [2.24, 2.45) is 17.1 Å². The zero-order valence-corrected chi connectivity index (χ0v) is 12.1. The molecule has 4 atom stereocenters. The van der Waals surface area contributed by atoms with Crippen LogP contribution in [0, 0.1) is 11.3 Å². The highest BCUT2D eigenvalue weighted by Crippen LogP contribution is 2.29. The standard InChI is InChI=1S/C14H30N2O/c1-10-7-6-8-16(11(10)2)12(9-17)13(15)14(3,4)5/h10-13,17H,6-9,15H2,1-5H3. The number of hydrogen-bond donors (Lipinski definition) is 2. The Morgan fingerprint density at radius 2 is 1.94 bits per heavy atom. The van der Waals surface area contributed by atoms with Gasteiger partial charge in [0.1, 0.15) is 0 Å². The van der Waals surface area contributed by atoms with Crippen LogP contribution >= 0.6 is 0 Å². The molecule has 3 N–H and O–H groups in total. The summed E-state index contributed by atoms with van der Waals surface area (Å²) in [6.45, 7) is 12.3. The molecule has 0 bridgehead atoms. The van der Waals surface area contributed by atoms with Gasteiger partial charge >= 0.3 is 0 Å². The second kappa shape index (κ2) is 5.68. The SMILES string of the molecule is CC1CCCN(C(CO)C(N)C(C)(C)C)C1C. The number of rotatable bonds is 3. The molecule has 1 saturated heterocycles. The molecule has 0 saturated carbocycles. The van der Waals surface area contributed by atoms with Crippen LogP contribution in [0.15, 0.2) is 0 Å². The fourth-order valence-corrected chi connectivity index (χ4v) is 2.84. The van der Waals surface area contributed by atoms with E-state index in [9.17, 15) is 5.11 Å². The zero-order valence-electron chi connectivity index (χ0n) is 12.1. The number of nitrogens with zero attached hydrogens (tertiary/aromatic N) is 1. The fraction of sp³-hybridized carbons (Fsp3) is 1.00. The van der Waals surface area contributed by atoms with Gasteiger partial charge in [-0.1, -0.05) is 27.7 Å². The van der Waals surface area contributed by atoms with Crippen LogP contribution in [0.4, 0.5) is 0 Å². The smallest absolute Gasteiger partial charge is 0.0602 e. The van der Waals surface area contributed by atoms with Gasteiger partial charge in [-0.15, -0.1) is 0 Å². The van der Waals surface area contributed by atoms with Crippen LogP contribution in [0.1, 0.15) is 47.5 Å². The average Bonchev–Trinajstić information content (AvgIpc) is 2.23. The largest absolute Gasteiger partial charge is 0.395 e. The van der Waals surface area contributed by atoms with Crippen LogP contribution in [0.2, 0.25) is 0 Å². The summed E-state index contributed by atoms with van der Waals surface area (Å²) >= 11 is 0. The van der Waals surface area contributed by atoms with Gasteiger partial charge in [0, 0.05) is 18.1 Å². The Kier molecular flexibility index (Phi) is 4.99. The Morgan fingerprint density at radius 3 is 2.41 bits per heavy atom. The molecule has 0 spiro atoms. The number of nitrogens with two attached hydrogens (primary N) is 1. The molecule has 0 amide bonds. The average molecular weight is 242 g/mol. The Labute approximate surface area is 106 Å². The van der Waals surface area contributed by atoms with Crippen molar-refractivity contribution in [3.05, 3.63) is 0 Å². The summed E-state index contributed by atoms with van der Waals surface area (Å²) in [6.07, 6.45) is 2.51. The lowest BCUT2D eigenvalue weighted by molar-refractivity contribution is 0.00762. The maximum Gasteiger partial charge on any atom is 0.0602 e. The van der Waals surface area contributed by atoms with Crippen molar-refractivity contribution < 1.29 is 5.11 Å². The van der Waals surface area contributed by atoms with E-state index >= 15 is 0 Å². The van der Waals surface area contributed by atoms with Gasteiger partial charge in [-0.3, -0.25) is 4.90 Å². The van der Waals surface area contributed by atoms with Gasteiger partial charge in [-0.2, -0.15) is 0 Å². The summed E-state index contributed by atoms with van der Waals surface area (Å²) < 4.78 is 0. The van der Waals surface area contributed by atoms with E-state index in [1.165, 1.54) is 12.8 Å². The highest BCUT2D eigenvalue weighted by molar-refractivity contribution is 4.93. The molecule has 0 aliphatic carbocycles. The van der Waals surface area contributed by atoms with E-state index < -0.39 is 0 Å². The summed E-state index contributed by atoms with van der Waals surface area (Å²) in [6, 6.07) is 0.627. The fourth-order valence-electron chi connectivity index (χ4n) is 2.84. The van der Waals surface area contributed by atoms with Gasteiger partial charge in [-0.05, 0) is 37.6 Å². The van der Waals surface area contributed by atoms with Crippen molar-refractivity contribution in [1.29, 1.82) is 0 Å². The minimum atomic E-state index is 0.0141. The molecule has 17 heavy (non-hydrogen) atoms. The second-order valence-electron chi connectivity index (χ2n) is 6.74. The van der Waals surface area contributed by atoms with Crippen molar-refractivity contribution in [3.63, 3.8) is 0 Å². The van der Waals surface area contributed by atoms with Crippen LogP contribution in [-0.2, 0) is 0 Å². The van der Waals surface area contributed by atoms with Gasteiger partial charge < -0.3 is 10.8 Å². The van der Waals surface area contributed by atoms with Crippen molar-refractivity contribution in [2.45, 2.75) is 65.6 Å². The maximum atomic E-state index is 9.69. The highest BCUT2D eigenvalue weighted by Gasteiger charge is 2.37. The third kappa shape index (κ3) is 3.43. The van der Waals surface area contributed by atoms with Crippen LogP contribution in [0.3, 0.4) is 0 Å². The Bertz CT molecular complexity index is 237. The summed E-state index contributed by atoms with van der Waals surface area (Å²) in [7, 11) is 0. The molecule has 1 fully saturated rings. The molecule has 1 aliphatic heterocycles. The molecule has 0 radical (unpaired) electrons. The molecule has 1 rings (SSSR count). The summed E-state index contributed by atoms with van der Waals surface area (Å²) in [5.74, 6) is 0.699. The van der Waals surface area contributed by atoms with Gasteiger partial charge in [0.15, 0.2) is 0 Å². The minimum absolute atomic E-state index is 0.0141. The highest BCUT2D eigenvalue weighted by atomic mass is 16.3. The summed E-state index contributed by atoms with van der Waals surface area (Å²) in [5, 5.41) is 9.69. The first-order valence-corrected chi connectivity index (χ1v) is 6.91. The van der Waals surface area contributed by atoms with E-state index in [1.54, 1.807) is 0 Å². The lowest BCUT2D eigenvalue weighted by Gasteiger charge is -2.47. The van der Waals surface area contributed by atoms with E-state index in [2.05, 4.69) is 39.5 Å². The molecule has 3 nitrogen and oxygen atoms in total. The predicted molar refractivity (Wildman–Crippen MR) is 72.9 cm³/mol. The van der Waals surface area contributed by atoms with Crippen molar-refractivity contribution in [2.75, 3.05) is 13.2 Å². The number of aliphatic hydroxyl groups is 1. The van der Waals surface area contributed by atoms with E-state index in [-0.39, 0.29) is 24.1 Å². The molecule has 4 unspecified atom stereocenters. The van der Waals surface area contributed by atoms with Crippen molar-refractivity contribution in [3.8, 4) is 0 Å². The van der Waals surface area contributed by atoms with E-state index in [0.717, 1.165) is 6.54 Å². The van der Waals surface area contributed by atoms with Gasteiger partial charge in [-0.25, -0.2) is 0 Å². The number of aliphatic hydroxyl groups excluding tert-OH is 1. The normalized spacial score (nSPS) is 31.2. The van der Waals surface area contributed by atoms with Gasteiger partial charge in [0.2, 0.25) is 0 Å². The zero-order chi connectivity index (χ0) is 13.2. The third-order valence-electron chi connectivity index (χ3n) is 4.45. The van der Waals surface area contributed by atoms with Crippen LogP contribution in [-0.4, -0.2) is 41.3 Å². The molecule has 102 valence electrons. The predicted octanol–water partition coefficient (Wildman–Crippen LogP) is 1.84. The van der Waals surface area contributed by atoms with Crippen LogP contribution < -0.4 is 5.73 Å². The summed E-state index contributed by atoms with van der Waals surface area (Å²) in [5.41, 5.74) is 6.38. The number of piperidine rings is 1. The molecule has 3 heteroatoms. The molecular weight excluding hydrogens is 212 g/mol. The Morgan fingerprint density at radius 1 is 1.35 bits per heavy atom. The van der Waals surface area contributed by atoms with Gasteiger partial charge in [0.05, 0.1) is 6.61 Å². The maximum absolute atomic E-state index is 9.69. The Hall–Kier alpha value is -0.120.